The van der Waals surface area contributed by atoms with Crippen LogP contribution in [0.5, 0.6) is 5.75 Å². The molecule has 0 aliphatic carbocycles. The molecule has 9 nitrogen and oxygen atoms in total. The van der Waals surface area contributed by atoms with Gasteiger partial charge in [-0.3, -0.25) is 10.1 Å². The number of nitrogens with zero attached hydrogens (tertiary/aromatic N) is 1. The smallest absolute Gasteiger partial charge is 0.269 e. The Labute approximate surface area is 139 Å². The zero-order valence-electron chi connectivity index (χ0n) is 13.7. The maximum absolute atomic E-state index is 10.7. The van der Waals surface area contributed by atoms with Crippen LogP contribution in [0.15, 0.2) is 24.3 Å². The number of non-ortho nitro benzene ring substituents is 1. The zero-order chi connectivity index (χ0) is 17.7. The average Bonchev–Trinajstić information content (AvgIpc) is 2.57. The van der Waals surface area contributed by atoms with Crippen molar-refractivity contribution in [2.75, 3.05) is 27.9 Å². The SMILES string of the molecule is COC[C@H]1O[C@H](Oc2ccc([N+](=O)[O-])cc2)[C@H](OC)[C@@H](OC)[C@H]1O. The Kier molecular flexibility index (Phi) is 6.46. The molecular weight excluding hydrogens is 322 g/mol. The maximum atomic E-state index is 10.7. The van der Waals surface area contributed by atoms with Crippen molar-refractivity contribution < 1.29 is 33.7 Å². The van der Waals surface area contributed by atoms with Crippen LogP contribution in [0.2, 0.25) is 0 Å². The lowest BCUT2D eigenvalue weighted by atomic mass is 9.99. The largest absolute Gasteiger partial charge is 0.462 e. The monoisotopic (exact) mass is 343 g/mol. The summed E-state index contributed by atoms with van der Waals surface area (Å²) in [5.41, 5.74) is -0.0438. The first-order chi connectivity index (χ1) is 11.5. The van der Waals surface area contributed by atoms with E-state index in [0.717, 1.165) is 0 Å². The minimum absolute atomic E-state index is 0.0438. The summed E-state index contributed by atoms with van der Waals surface area (Å²) < 4.78 is 27.2. The highest BCUT2D eigenvalue weighted by Crippen LogP contribution is 2.28. The molecule has 1 heterocycles. The Morgan fingerprint density at radius 3 is 2.29 bits per heavy atom. The molecule has 0 spiro atoms. The van der Waals surface area contributed by atoms with E-state index in [1.165, 1.54) is 45.6 Å². The molecule has 1 aliphatic rings. The number of nitro benzene ring substituents is 1. The van der Waals surface area contributed by atoms with E-state index in [9.17, 15) is 15.2 Å². The Balaban J connectivity index is 2.16. The summed E-state index contributed by atoms with van der Waals surface area (Å²) in [6.07, 6.45) is -3.84. The van der Waals surface area contributed by atoms with Gasteiger partial charge in [-0.05, 0) is 12.1 Å². The van der Waals surface area contributed by atoms with E-state index in [2.05, 4.69) is 0 Å². The predicted molar refractivity (Wildman–Crippen MR) is 81.9 cm³/mol. The molecule has 1 aromatic rings. The van der Waals surface area contributed by atoms with Gasteiger partial charge in [0, 0.05) is 33.5 Å². The number of hydrogen-bond donors (Lipinski definition) is 1. The van der Waals surface area contributed by atoms with Gasteiger partial charge in [-0.1, -0.05) is 0 Å². The second-order valence-corrected chi connectivity index (χ2v) is 5.26. The van der Waals surface area contributed by atoms with Gasteiger partial charge in [-0.2, -0.15) is 0 Å². The van der Waals surface area contributed by atoms with Gasteiger partial charge in [0.2, 0.25) is 6.29 Å². The molecule has 1 N–H and O–H groups in total. The Bertz CT molecular complexity index is 537. The highest BCUT2D eigenvalue weighted by Gasteiger charge is 2.47. The van der Waals surface area contributed by atoms with Crippen LogP contribution in [0, 0.1) is 10.1 Å². The standard InChI is InChI=1S/C15H21NO8/c1-20-8-11-12(17)13(21-2)14(22-3)15(24-11)23-10-6-4-9(5-7-10)16(18)19/h4-7,11-15,17H,8H2,1-3H3/t11-,12+,13+,14-,15+/m1/s1. The van der Waals surface area contributed by atoms with Crippen LogP contribution >= 0.6 is 0 Å². The molecule has 9 heteroatoms. The summed E-state index contributed by atoms with van der Waals surface area (Å²) in [6, 6.07) is 5.59. The highest BCUT2D eigenvalue weighted by molar-refractivity contribution is 5.36. The second-order valence-electron chi connectivity index (χ2n) is 5.26. The van der Waals surface area contributed by atoms with Crippen molar-refractivity contribution in [1.29, 1.82) is 0 Å². The molecule has 5 atom stereocenters. The average molecular weight is 343 g/mol. The Morgan fingerprint density at radius 1 is 1.17 bits per heavy atom. The van der Waals surface area contributed by atoms with Gasteiger partial charge in [-0.25, -0.2) is 0 Å². The molecule has 0 aromatic heterocycles. The lowest BCUT2D eigenvalue weighted by Gasteiger charge is -2.42. The lowest BCUT2D eigenvalue weighted by Crippen LogP contribution is -2.61. The van der Waals surface area contributed by atoms with Crippen molar-refractivity contribution in [3.63, 3.8) is 0 Å². The fourth-order valence-electron chi connectivity index (χ4n) is 2.59. The number of nitro groups is 1. The third-order valence-corrected chi connectivity index (χ3v) is 3.79. The van der Waals surface area contributed by atoms with Crippen LogP contribution in [-0.4, -0.2) is 68.7 Å². The molecule has 0 bridgehead atoms. The minimum Gasteiger partial charge on any atom is -0.462 e. The third-order valence-electron chi connectivity index (χ3n) is 3.79. The molecule has 0 amide bonds. The summed E-state index contributed by atoms with van der Waals surface area (Å²) in [5, 5.41) is 21.0. The van der Waals surface area contributed by atoms with E-state index >= 15 is 0 Å². The quantitative estimate of drug-likeness (QED) is 0.570. The summed E-state index contributed by atoms with van der Waals surface area (Å²) in [6.45, 7) is 0.150. The van der Waals surface area contributed by atoms with Crippen molar-refractivity contribution in [1.82, 2.24) is 0 Å². The van der Waals surface area contributed by atoms with Crippen LogP contribution in [0.4, 0.5) is 5.69 Å². The van der Waals surface area contributed by atoms with E-state index in [-0.39, 0.29) is 12.3 Å². The van der Waals surface area contributed by atoms with Crippen LogP contribution < -0.4 is 4.74 Å². The number of ether oxygens (including phenoxy) is 5. The van der Waals surface area contributed by atoms with Crippen molar-refractivity contribution >= 4 is 5.69 Å². The van der Waals surface area contributed by atoms with Gasteiger partial charge in [0.05, 0.1) is 11.5 Å². The summed E-state index contributed by atoms with van der Waals surface area (Å²) in [4.78, 5) is 10.2. The van der Waals surface area contributed by atoms with Gasteiger partial charge in [0.15, 0.2) is 0 Å². The number of benzene rings is 1. The number of methoxy groups -OCH3 is 3. The molecule has 0 saturated carbocycles. The summed E-state index contributed by atoms with van der Waals surface area (Å²) in [7, 11) is 4.40. The van der Waals surface area contributed by atoms with Crippen LogP contribution in [0.25, 0.3) is 0 Å². The van der Waals surface area contributed by atoms with Crippen molar-refractivity contribution in [3.8, 4) is 5.75 Å². The van der Waals surface area contributed by atoms with E-state index in [1.807, 2.05) is 0 Å². The first-order valence-corrected chi connectivity index (χ1v) is 7.31. The molecule has 2 rings (SSSR count). The second kappa shape index (κ2) is 8.36. The summed E-state index contributed by atoms with van der Waals surface area (Å²) in [5.74, 6) is 0.370. The van der Waals surface area contributed by atoms with Gasteiger partial charge in [0.25, 0.3) is 5.69 Å². The zero-order valence-corrected chi connectivity index (χ0v) is 13.7. The molecule has 1 aromatic carbocycles. The maximum Gasteiger partial charge on any atom is 0.269 e. The van der Waals surface area contributed by atoms with Crippen molar-refractivity contribution in [2.45, 2.75) is 30.7 Å². The predicted octanol–water partition coefficient (Wildman–Crippen LogP) is 0.736. The van der Waals surface area contributed by atoms with E-state index < -0.39 is 35.6 Å². The molecule has 134 valence electrons. The molecule has 1 saturated heterocycles. The van der Waals surface area contributed by atoms with Gasteiger partial charge >= 0.3 is 0 Å². The molecule has 0 radical (unpaired) electrons. The molecular formula is C15H21NO8. The van der Waals surface area contributed by atoms with E-state index in [4.69, 9.17) is 23.7 Å². The number of hydrogen-bond acceptors (Lipinski definition) is 8. The lowest BCUT2D eigenvalue weighted by molar-refractivity contribution is -0.384. The molecule has 0 unspecified atom stereocenters. The van der Waals surface area contributed by atoms with Crippen molar-refractivity contribution in [2.24, 2.45) is 0 Å². The number of aliphatic hydroxyl groups is 1. The number of rotatable bonds is 7. The normalized spacial score (nSPS) is 30.1. The first-order valence-electron chi connectivity index (χ1n) is 7.31. The van der Waals surface area contributed by atoms with Crippen LogP contribution in [0.1, 0.15) is 0 Å². The van der Waals surface area contributed by atoms with Gasteiger partial charge < -0.3 is 28.8 Å². The first kappa shape index (κ1) is 18.6. The summed E-state index contributed by atoms with van der Waals surface area (Å²) >= 11 is 0. The molecule has 1 fully saturated rings. The van der Waals surface area contributed by atoms with Crippen molar-refractivity contribution in [3.05, 3.63) is 34.4 Å². The van der Waals surface area contributed by atoms with E-state index in [0.29, 0.717) is 5.75 Å². The Morgan fingerprint density at radius 2 is 1.79 bits per heavy atom. The molecule has 24 heavy (non-hydrogen) atoms. The third kappa shape index (κ3) is 4.00. The van der Waals surface area contributed by atoms with E-state index in [1.54, 1.807) is 0 Å². The fourth-order valence-corrected chi connectivity index (χ4v) is 2.59. The highest BCUT2D eigenvalue weighted by atomic mass is 16.7. The minimum atomic E-state index is -0.948. The van der Waals surface area contributed by atoms with Crippen LogP contribution in [0.3, 0.4) is 0 Å². The molecule has 1 aliphatic heterocycles. The Hall–Kier alpha value is -1.78. The number of aliphatic hydroxyl groups excluding tert-OH is 1. The van der Waals surface area contributed by atoms with Gasteiger partial charge in [0.1, 0.15) is 30.2 Å². The topological polar surface area (TPSA) is 110 Å². The van der Waals surface area contributed by atoms with Crippen LogP contribution in [-0.2, 0) is 18.9 Å². The van der Waals surface area contributed by atoms with Gasteiger partial charge in [-0.15, -0.1) is 0 Å². The fraction of sp³-hybridized carbons (Fsp3) is 0.600.